The van der Waals surface area contributed by atoms with Crippen LogP contribution in [0.1, 0.15) is 18.1 Å². The Morgan fingerprint density at radius 3 is 2.85 bits per heavy atom. The average Bonchev–Trinajstić information content (AvgIpc) is 2.09. The molecule has 0 bridgehead atoms. The zero-order valence-electron chi connectivity index (χ0n) is 7.07. The van der Waals surface area contributed by atoms with E-state index in [0.717, 1.165) is 0 Å². The van der Waals surface area contributed by atoms with Crippen LogP contribution in [0.5, 0.6) is 5.75 Å². The van der Waals surface area contributed by atoms with E-state index in [4.69, 9.17) is 11.6 Å². The highest BCUT2D eigenvalue weighted by atomic mass is 35.5. The highest BCUT2D eigenvalue weighted by molar-refractivity contribution is 6.30. The molecule has 0 saturated carbocycles. The predicted molar refractivity (Wildman–Crippen MR) is 52.9 cm³/mol. The predicted octanol–water partition coefficient (Wildman–Crippen LogP) is 2.66. The van der Waals surface area contributed by atoms with Gasteiger partial charge in [0.25, 0.3) is 0 Å². The molecule has 0 spiro atoms. The number of benzene rings is 1. The van der Waals surface area contributed by atoms with Crippen LogP contribution in [0.3, 0.4) is 0 Å². The fourth-order valence-corrected chi connectivity index (χ4v) is 1.26. The van der Waals surface area contributed by atoms with Crippen molar-refractivity contribution in [3.05, 3.63) is 41.4 Å². The number of rotatable bonds is 3. The van der Waals surface area contributed by atoms with Gasteiger partial charge in [-0.3, -0.25) is 0 Å². The van der Waals surface area contributed by atoms with Crippen LogP contribution in [-0.2, 0) is 0 Å². The van der Waals surface area contributed by atoms with Gasteiger partial charge in [-0.2, -0.15) is 0 Å². The second kappa shape index (κ2) is 4.30. The van der Waals surface area contributed by atoms with Gasteiger partial charge in [0.05, 0.1) is 6.10 Å². The molecule has 70 valence electrons. The second-order valence-corrected chi connectivity index (χ2v) is 3.18. The number of phenolic OH excluding ortho intramolecular Hbond substituents is 1. The number of phenols is 1. The van der Waals surface area contributed by atoms with Crippen LogP contribution in [0.4, 0.5) is 0 Å². The van der Waals surface area contributed by atoms with Crippen LogP contribution in [-0.4, -0.2) is 10.2 Å². The van der Waals surface area contributed by atoms with Crippen molar-refractivity contribution >= 4 is 11.6 Å². The van der Waals surface area contributed by atoms with E-state index in [1.807, 2.05) is 0 Å². The number of halogens is 1. The van der Waals surface area contributed by atoms with Gasteiger partial charge in [-0.25, -0.2) is 0 Å². The van der Waals surface area contributed by atoms with Crippen molar-refractivity contribution in [2.45, 2.75) is 12.5 Å². The standard InChI is InChI=1S/C10H11ClO2/c1-2-3-9(12)8-6-7(11)4-5-10(8)13/h2,4-6,9,12-13H,1,3H2. The molecule has 0 aliphatic carbocycles. The fraction of sp³-hybridized carbons (Fsp3) is 0.200. The summed E-state index contributed by atoms with van der Waals surface area (Å²) in [6.45, 7) is 3.50. The first-order valence-corrected chi connectivity index (χ1v) is 4.30. The number of hydrogen-bond acceptors (Lipinski definition) is 2. The molecule has 0 fully saturated rings. The zero-order chi connectivity index (χ0) is 9.84. The third-order valence-corrected chi connectivity index (χ3v) is 1.97. The lowest BCUT2D eigenvalue weighted by molar-refractivity contribution is 0.177. The molecule has 1 rings (SSSR count). The van der Waals surface area contributed by atoms with E-state index in [0.29, 0.717) is 17.0 Å². The molecule has 0 amide bonds. The third-order valence-electron chi connectivity index (χ3n) is 1.74. The number of aliphatic hydroxyl groups is 1. The Balaban J connectivity index is 2.97. The van der Waals surface area contributed by atoms with Gasteiger partial charge in [0.15, 0.2) is 0 Å². The van der Waals surface area contributed by atoms with Crippen molar-refractivity contribution in [2.24, 2.45) is 0 Å². The molecule has 0 aromatic heterocycles. The van der Waals surface area contributed by atoms with Gasteiger partial charge in [0.2, 0.25) is 0 Å². The largest absolute Gasteiger partial charge is 0.508 e. The topological polar surface area (TPSA) is 40.5 Å². The highest BCUT2D eigenvalue weighted by Crippen LogP contribution is 2.28. The van der Waals surface area contributed by atoms with Crippen LogP contribution in [0.25, 0.3) is 0 Å². The van der Waals surface area contributed by atoms with Crippen molar-refractivity contribution < 1.29 is 10.2 Å². The molecular weight excluding hydrogens is 188 g/mol. The molecular formula is C10H11ClO2. The summed E-state index contributed by atoms with van der Waals surface area (Å²) in [5.41, 5.74) is 0.437. The quantitative estimate of drug-likeness (QED) is 0.734. The van der Waals surface area contributed by atoms with E-state index in [2.05, 4.69) is 6.58 Å². The Labute approximate surface area is 82.1 Å². The van der Waals surface area contributed by atoms with Gasteiger partial charge in [-0.1, -0.05) is 17.7 Å². The van der Waals surface area contributed by atoms with E-state index in [9.17, 15) is 10.2 Å². The summed E-state index contributed by atoms with van der Waals surface area (Å²) in [5.74, 6) is 0.0544. The SMILES string of the molecule is C=CCC(O)c1cc(Cl)ccc1O. The smallest absolute Gasteiger partial charge is 0.121 e. The van der Waals surface area contributed by atoms with Crippen molar-refractivity contribution in [1.82, 2.24) is 0 Å². The number of aromatic hydroxyl groups is 1. The summed E-state index contributed by atoms with van der Waals surface area (Å²) in [6, 6.07) is 4.58. The van der Waals surface area contributed by atoms with Crippen LogP contribution >= 0.6 is 11.6 Å². The Kier molecular flexibility index (Phi) is 3.34. The molecule has 3 heteroatoms. The maximum Gasteiger partial charge on any atom is 0.121 e. The average molecular weight is 199 g/mol. The maximum atomic E-state index is 9.54. The third kappa shape index (κ3) is 2.47. The summed E-state index contributed by atoms with van der Waals surface area (Å²) < 4.78 is 0. The van der Waals surface area contributed by atoms with Gasteiger partial charge in [0, 0.05) is 10.6 Å². The first-order chi connectivity index (χ1) is 6.15. The molecule has 0 aliphatic heterocycles. The Morgan fingerprint density at radius 1 is 1.54 bits per heavy atom. The summed E-state index contributed by atoms with van der Waals surface area (Å²) in [4.78, 5) is 0. The van der Waals surface area contributed by atoms with Gasteiger partial charge in [-0.05, 0) is 24.6 Å². The zero-order valence-corrected chi connectivity index (χ0v) is 7.83. The van der Waals surface area contributed by atoms with Crippen molar-refractivity contribution in [3.8, 4) is 5.75 Å². The van der Waals surface area contributed by atoms with E-state index >= 15 is 0 Å². The molecule has 13 heavy (non-hydrogen) atoms. The number of aliphatic hydroxyl groups excluding tert-OH is 1. The fourth-order valence-electron chi connectivity index (χ4n) is 1.08. The minimum atomic E-state index is -0.740. The second-order valence-electron chi connectivity index (χ2n) is 2.74. The first kappa shape index (κ1) is 10.1. The van der Waals surface area contributed by atoms with Crippen molar-refractivity contribution in [2.75, 3.05) is 0 Å². The molecule has 0 aliphatic rings. The maximum absolute atomic E-state index is 9.54. The molecule has 0 radical (unpaired) electrons. The molecule has 1 aromatic carbocycles. The molecule has 0 saturated heterocycles. The molecule has 1 unspecified atom stereocenters. The van der Waals surface area contributed by atoms with Crippen molar-refractivity contribution in [1.29, 1.82) is 0 Å². The highest BCUT2D eigenvalue weighted by Gasteiger charge is 2.10. The molecule has 2 N–H and O–H groups in total. The normalized spacial score (nSPS) is 12.5. The lowest BCUT2D eigenvalue weighted by Gasteiger charge is -2.10. The monoisotopic (exact) mass is 198 g/mol. The summed E-state index contributed by atoms with van der Waals surface area (Å²) in [6.07, 6.45) is 1.25. The van der Waals surface area contributed by atoms with Gasteiger partial charge in [0.1, 0.15) is 5.75 Å². The van der Waals surface area contributed by atoms with Crippen LogP contribution in [0.2, 0.25) is 5.02 Å². The van der Waals surface area contributed by atoms with Crippen molar-refractivity contribution in [3.63, 3.8) is 0 Å². The summed E-state index contributed by atoms with van der Waals surface area (Å²) in [7, 11) is 0. The minimum Gasteiger partial charge on any atom is -0.508 e. The Morgan fingerprint density at radius 2 is 2.23 bits per heavy atom. The van der Waals surface area contributed by atoms with Gasteiger partial charge in [-0.15, -0.1) is 6.58 Å². The summed E-state index contributed by atoms with van der Waals surface area (Å²) in [5, 5.41) is 19.4. The minimum absolute atomic E-state index is 0.0544. The number of hydrogen-bond donors (Lipinski definition) is 2. The Hall–Kier alpha value is -0.990. The molecule has 1 atom stereocenters. The first-order valence-electron chi connectivity index (χ1n) is 3.92. The molecule has 1 aromatic rings. The van der Waals surface area contributed by atoms with Crippen LogP contribution < -0.4 is 0 Å². The van der Waals surface area contributed by atoms with Crippen LogP contribution in [0.15, 0.2) is 30.9 Å². The molecule has 0 heterocycles. The molecule has 2 nitrogen and oxygen atoms in total. The van der Waals surface area contributed by atoms with Crippen LogP contribution in [0, 0.1) is 0 Å². The Bertz CT molecular complexity index is 310. The van der Waals surface area contributed by atoms with E-state index in [-0.39, 0.29) is 5.75 Å². The van der Waals surface area contributed by atoms with E-state index < -0.39 is 6.10 Å². The van der Waals surface area contributed by atoms with Gasteiger partial charge >= 0.3 is 0 Å². The lowest BCUT2D eigenvalue weighted by atomic mass is 10.1. The summed E-state index contributed by atoms with van der Waals surface area (Å²) >= 11 is 5.71. The van der Waals surface area contributed by atoms with Gasteiger partial charge < -0.3 is 10.2 Å². The van der Waals surface area contributed by atoms with E-state index in [1.165, 1.54) is 6.07 Å². The van der Waals surface area contributed by atoms with E-state index in [1.54, 1.807) is 18.2 Å². The lowest BCUT2D eigenvalue weighted by Crippen LogP contribution is -1.95.